The molecule has 0 radical (unpaired) electrons. The van der Waals surface area contributed by atoms with Crippen LogP contribution in [-0.4, -0.2) is 33.8 Å². The topological polar surface area (TPSA) is 83.8 Å². The molecule has 4 rings (SSSR count). The third kappa shape index (κ3) is 2.80. The Morgan fingerprint density at radius 2 is 1.89 bits per heavy atom. The largest absolute Gasteiger partial charge is 0.332 e. The van der Waals surface area contributed by atoms with Crippen molar-refractivity contribution in [2.45, 2.75) is 24.8 Å². The van der Waals surface area contributed by atoms with Crippen LogP contribution in [0.2, 0.25) is 0 Å². The van der Waals surface area contributed by atoms with Crippen LogP contribution in [0.1, 0.15) is 18.4 Å². The normalized spacial score (nSPS) is 21.7. The number of nitro groups is 1. The van der Waals surface area contributed by atoms with Crippen LogP contribution in [0.25, 0.3) is 0 Å². The van der Waals surface area contributed by atoms with Gasteiger partial charge in [0.1, 0.15) is 5.54 Å². The minimum atomic E-state index is -0.921. The average molecular weight is 430 g/mol. The van der Waals surface area contributed by atoms with E-state index in [1.54, 1.807) is 11.0 Å². The van der Waals surface area contributed by atoms with Gasteiger partial charge in [-0.3, -0.25) is 14.9 Å². The molecule has 2 aromatic rings. The zero-order valence-electron chi connectivity index (χ0n) is 14.3. The van der Waals surface area contributed by atoms with Crippen molar-refractivity contribution in [2.24, 2.45) is 0 Å². The number of urea groups is 1. The van der Waals surface area contributed by atoms with Gasteiger partial charge in [-0.25, -0.2) is 9.69 Å². The highest BCUT2D eigenvalue weighted by molar-refractivity contribution is 9.10. The molecule has 1 atom stereocenters. The van der Waals surface area contributed by atoms with Gasteiger partial charge in [-0.05, 0) is 36.6 Å². The maximum Gasteiger partial charge on any atom is 0.332 e. The minimum absolute atomic E-state index is 0.151. The van der Waals surface area contributed by atoms with Gasteiger partial charge in [0, 0.05) is 29.6 Å². The van der Waals surface area contributed by atoms with Gasteiger partial charge in [0.2, 0.25) is 0 Å². The number of benzene rings is 2. The lowest BCUT2D eigenvalue weighted by molar-refractivity contribution is -0.384. The molecule has 8 heteroatoms. The van der Waals surface area contributed by atoms with Crippen LogP contribution in [0, 0.1) is 10.1 Å². The molecule has 0 aliphatic carbocycles. The summed E-state index contributed by atoms with van der Waals surface area (Å²) in [6, 6.07) is 12.9. The van der Waals surface area contributed by atoms with Crippen LogP contribution < -0.4 is 4.90 Å². The van der Waals surface area contributed by atoms with E-state index in [4.69, 9.17) is 0 Å². The quantitative estimate of drug-likeness (QED) is 0.419. The summed E-state index contributed by atoms with van der Waals surface area (Å²) in [7, 11) is 0. The highest BCUT2D eigenvalue weighted by Gasteiger charge is 2.59. The van der Waals surface area contributed by atoms with Gasteiger partial charge in [-0.1, -0.05) is 34.1 Å². The van der Waals surface area contributed by atoms with Gasteiger partial charge in [0.05, 0.1) is 10.6 Å². The first-order chi connectivity index (χ1) is 12.9. The molecule has 2 aliphatic heterocycles. The van der Waals surface area contributed by atoms with Gasteiger partial charge < -0.3 is 4.90 Å². The van der Waals surface area contributed by atoms with E-state index in [0.29, 0.717) is 19.4 Å². The number of anilines is 1. The lowest BCUT2D eigenvalue weighted by Gasteiger charge is -2.28. The summed E-state index contributed by atoms with van der Waals surface area (Å²) in [6.07, 6.45) is 1.77. The van der Waals surface area contributed by atoms with Crippen LogP contribution in [0.15, 0.2) is 53.0 Å². The lowest BCUT2D eigenvalue weighted by Crippen LogP contribution is -2.47. The summed E-state index contributed by atoms with van der Waals surface area (Å²) < 4.78 is 0.944. The van der Waals surface area contributed by atoms with Crippen molar-refractivity contribution in [3.63, 3.8) is 0 Å². The summed E-state index contributed by atoms with van der Waals surface area (Å²) in [5, 5.41) is 11.1. The fourth-order valence-corrected chi connectivity index (χ4v) is 4.23. The van der Waals surface area contributed by atoms with Crippen molar-refractivity contribution in [1.82, 2.24) is 4.90 Å². The van der Waals surface area contributed by atoms with E-state index in [-0.39, 0.29) is 17.3 Å². The zero-order chi connectivity index (χ0) is 19.2. The summed E-state index contributed by atoms with van der Waals surface area (Å²) in [4.78, 5) is 39.6. The standard InChI is InChI=1S/C19H16BrN3O4/c20-14-7-5-13(6-8-14)12-19-9-2-10-21(19)18(25)22(17(19)24)15-3-1-4-16(11-15)23(26)27/h1,3-8,11H,2,9-10,12H2. The van der Waals surface area contributed by atoms with Crippen LogP contribution in [0.4, 0.5) is 16.2 Å². The summed E-state index contributed by atoms with van der Waals surface area (Å²) in [6.45, 7) is 0.506. The Hall–Kier alpha value is -2.74. The molecule has 1 unspecified atom stereocenters. The monoisotopic (exact) mass is 429 g/mol. The molecule has 27 heavy (non-hydrogen) atoms. The van der Waals surface area contributed by atoms with E-state index in [2.05, 4.69) is 15.9 Å². The minimum Gasteiger partial charge on any atom is -0.309 e. The molecule has 0 saturated carbocycles. The predicted octanol–water partition coefficient (Wildman–Crippen LogP) is 3.90. The van der Waals surface area contributed by atoms with E-state index in [9.17, 15) is 19.7 Å². The SMILES string of the molecule is O=C1N(c2cccc([N+](=O)[O-])c2)C(=O)C2(Cc3ccc(Br)cc3)CCCN12. The molecule has 2 heterocycles. The third-order valence-electron chi connectivity index (χ3n) is 5.22. The van der Waals surface area contributed by atoms with Crippen molar-refractivity contribution in [3.8, 4) is 0 Å². The molecule has 2 aromatic carbocycles. The molecule has 0 N–H and O–H groups in total. The van der Waals surface area contributed by atoms with E-state index < -0.39 is 16.5 Å². The number of rotatable bonds is 4. The van der Waals surface area contributed by atoms with Crippen molar-refractivity contribution in [3.05, 3.63) is 68.7 Å². The molecule has 2 saturated heterocycles. The number of amides is 3. The predicted molar refractivity (Wildman–Crippen MR) is 102 cm³/mol. The molecule has 138 valence electrons. The first-order valence-electron chi connectivity index (χ1n) is 8.57. The molecule has 2 aliphatic rings. The average Bonchev–Trinajstić information content (AvgIpc) is 3.16. The summed E-state index contributed by atoms with van der Waals surface area (Å²) in [5.74, 6) is -0.312. The number of carbonyl (C=O) groups excluding carboxylic acids is 2. The number of hydrogen-bond donors (Lipinski definition) is 0. The van der Waals surface area contributed by atoms with E-state index >= 15 is 0 Å². The maximum absolute atomic E-state index is 13.4. The zero-order valence-corrected chi connectivity index (χ0v) is 15.9. The first-order valence-corrected chi connectivity index (χ1v) is 9.37. The number of fused-ring (bicyclic) bond motifs is 1. The molecule has 0 aromatic heterocycles. The fourth-order valence-electron chi connectivity index (χ4n) is 3.97. The highest BCUT2D eigenvalue weighted by atomic mass is 79.9. The van der Waals surface area contributed by atoms with Crippen LogP contribution in [0.5, 0.6) is 0 Å². The summed E-state index contributed by atoms with van der Waals surface area (Å²) in [5.41, 5.74) is 0.133. The Balaban J connectivity index is 1.72. The first kappa shape index (κ1) is 17.7. The van der Waals surface area contributed by atoms with E-state index in [1.165, 1.54) is 18.2 Å². The second-order valence-electron chi connectivity index (χ2n) is 6.79. The Morgan fingerprint density at radius 1 is 1.15 bits per heavy atom. The molecular formula is C19H16BrN3O4. The number of non-ortho nitro benzene ring substituents is 1. The molecular weight excluding hydrogens is 414 g/mol. The van der Waals surface area contributed by atoms with Crippen LogP contribution in [-0.2, 0) is 11.2 Å². The van der Waals surface area contributed by atoms with Crippen molar-refractivity contribution in [2.75, 3.05) is 11.4 Å². The maximum atomic E-state index is 13.4. The smallest absolute Gasteiger partial charge is 0.309 e. The van der Waals surface area contributed by atoms with Gasteiger partial charge in [0.25, 0.3) is 11.6 Å². The molecule has 0 bridgehead atoms. The molecule has 0 spiro atoms. The van der Waals surface area contributed by atoms with Crippen molar-refractivity contribution in [1.29, 1.82) is 0 Å². The number of nitro benzene ring substituents is 1. The van der Waals surface area contributed by atoms with Gasteiger partial charge in [-0.2, -0.15) is 0 Å². The van der Waals surface area contributed by atoms with Crippen molar-refractivity contribution >= 4 is 39.2 Å². The second-order valence-corrected chi connectivity index (χ2v) is 7.71. The van der Waals surface area contributed by atoms with Gasteiger partial charge >= 0.3 is 6.03 Å². The Bertz CT molecular complexity index is 946. The Kier molecular flexibility index (Phi) is 4.22. The molecule has 3 amide bonds. The third-order valence-corrected chi connectivity index (χ3v) is 5.75. The summed E-state index contributed by atoms with van der Waals surface area (Å²) >= 11 is 3.40. The van der Waals surface area contributed by atoms with Crippen LogP contribution >= 0.6 is 15.9 Å². The molecule has 7 nitrogen and oxygen atoms in total. The highest BCUT2D eigenvalue weighted by Crippen LogP contribution is 2.42. The fraction of sp³-hybridized carbons (Fsp3) is 0.263. The Labute approximate surface area is 163 Å². The van der Waals surface area contributed by atoms with E-state index in [1.807, 2.05) is 24.3 Å². The number of halogens is 1. The molecule has 2 fully saturated rings. The second kappa shape index (κ2) is 6.45. The van der Waals surface area contributed by atoms with Crippen molar-refractivity contribution < 1.29 is 14.5 Å². The van der Waals surface area contributed by atoms with Gasteiger partial charge in [-0.15, -0.1) is 0 Å². The number of carbonyl (C=O) groups is 2. The lowest BCUT2D eigenvalue weighted by atomic mass is 9.88. The number of hydrogen-bond acceptors (Lipinski definition) is 4. The number of imide groups is 1. The van der Waals surface area contributed by atoms with E-state index in [0.717, 1.165) is 21.4 Å². The number of nitrogens with zero attached hydrogens (tertiary/aromatic N) is 3. The Morgan fingerprint density at radius 3 is 2.59 bits per heavy atom. The van der Waals surface area contributed by atoms with Crippen LogP contribution in [0.3, 0.4) is 0 Å². The van der Waals surface area contributed by atoms with Gasteiger partial charge in [0.15, 0.2) is 0 Å².